The van der Waals surface area contributed by atoms with Crippen molar-refractivity contribution in [2.45, 2.75) is 149 Å². The average Bonchev–Trinajstić information content (AvgIpc) is 0.965. The second-order valence-electron chi connectivity index (χ2n) is 20.7. The summed E-state index contributed by atoms with van der Waals surface area (Å²) in [5.41, 5.74) is -3.14. The summed E-state index contributed by atoms with van der Waals surface area (Å²) in [7, 11) is 0. The molecular formula is C53H42F26N6O7S2. The standard InChI is InChI=1S/C53H42F26N6O7S2/c1-6-15-90-40(88)33-20-94-39(84-33)22(3)80-35(86)32-19-93-38(83-32)23(4)81-36(87)34-24(5)92-37(85-34)21(2)82-41(89)91-18-31-29-16-25(11-13-42(54,55)44(58,59)46(62,63)48(66,67)50(70,71)52(74,75)76)7-9-27(29)28-10-8-26(17-30(28)31)12-14-43(56,57)45(60,61)47(64,65)49(68,69)51(72,73)53(77,78)79/h6-10,16-17,19-23,31H,1,11-15,18H2,2-5H3,(H,80,86)(H,81,87)(H,82,89)/t21-,22-,23+/m1/s1. The maximum Gasteiger partial charge on any atom is 0.460 e. The molecule has 0 saturated carbocycles. The number of benzene rings is 2. The fourth-order valence-corrected chi connectivity index (χ4v) is 10.4. The lowest BCUT2D eigenvalue weighted by atomic mass is 9.90. The summed E-state index contributed by atoms with van der Waals surface area (Å²) in [5.74, 6) is -82.1. The molecule has 41 heteroatoms. The lowest BCUT2D eigenvalue weighted by Crippen LogP contribution is -2.70. The van der Waals surface area contributed by atoms with Gasteiger partial charge in [-0.1, -0.05) is 49.1 Å². The van der Waals surface area contributed by atoms with E-state index in [1.54, 1.807) is 6.92 Å². The maximum absolute atomic E-state index is 14.9. The van der Waals surface area contributed by atoms with Crippen LogP contribution in [0.5, 0.6) is 0 Å². The Hall–Kier alpha value is -7.49. The van der Waals surface area contributed by atoms with Crippen molar-refractivity contribution in [1.29, 1.82) is 0 Å². The van der Waals surface area contributed by atoms with E-state index in [0.29, 0.717) is 29.3 Å². The highest BCUT2D eigenvalue weighted by Crippen LogP contribution is 2.63. The third-order valence-corrected chi connectivity index (χ3v) is 16.1. The first-order valence-electron chi connectivity index (χ1n) is 26.1. The molecule has 2 aromatic carbocycles. The van der Waals surface area contributed by atoms with Crippen LogP contribution in [0.1, 0.15) is 133 Å². The monoisotopic (exact) mass is 1430 g/mol. The van der Waals surface area contributed by atoms with E-state index >= 15 is 0 Å². The number of aryl methyl sites for hydroxylation is 3. The van der Waals surface area contributed by atoms with Gasteiger partial charge in [-0.3, -0.25) is 9.59 Å². The lowest BCUT2D eigenvalue weighted by molar-refractivity contribution is -0.440. The van der Waals surface area contributed by atoms with E-state index in [9.17, 15) is 133 Å². The zero-order valence-corrected chi connectivity index (χ0v) is 48.9. The highest BCUT2D eigenvalue weighted by Gasteiger charge is 2.92. The van der Waals surface area contributed by atoms with Crippen LogP contribution in [-0.2, 0) is 22.3 Å². The van der Waals surface area contributed by atoms with Gasteiger partial charge in [0.15, 0.2) is 11.4 Å². The number of fused-ring (bicyclic) bond motifs is 3. The van der Waals surface area contributed by atoms with Gasteiger partial charge >= 0.3 is 83.6 Å². The molecule has 13 nitrogen and oxygen atoms in total. The molecular weight excluding hydrogens is 1390 g/mol. The number of aromatic nitrogens is 3. The van der Waals surface area contributed by atoms with Crippen molar-refractivity contribution >= 4 is 46.6 Å². The highest BCUT2D eigenvalue weighted by molar-refractivity contribution is 7.10. The maximum atomic E-state index is 14.9. The van der Waals surface area contributed by atoms with Crippen molar-refractivity contribution in [2.24, 2.45) is 0 Å². The Morgan fingerprint density at radius 2 is 0.947 bits per heavy atom. The van der Waals surface area contributed by atoms with E-state index in [2.05, 4.69) is 37.5 Å². The molecule has 3 N–H and O–H groups in total. The van der Waals surface area contributed by atoms with E-state index in [1.165, 1.54) is 37.6 Å². The third kappa shape index (κ3) is 13.7. The summed E-state index contributed by atoms with van der Waals surface area (Å²) in [6, 6.07) is 1.38. The number of carbonyl (C=O) groups excluding carboxylic acids is 4. The third-order valence-electron chi connectivity index (χ3n) is 14.1. The summed E-state index contributed by atoms with van der Waals surface area (Å²) < 4.78 is 377. The minimum absolute atomic E-state index is 0.0165. The Kier molecular flexibility index (Phi) is 20.8. The van der Waals surface area contributed by atoms with Crippen LogP contribution in [0.2, 0.25) is 0 Å². The van der Waals surface area contributed by atoms with Crippen molar-refractivity contribution in [3.05, 3.63) is 121 Å². The van der Waals surface area contributed by atoms with Gasteiger partial charge in [0.1, 0.15) is 40.7 Å². The summed E-state index contributed by atoms with van der Waals surface area (Å²) >= 11 is 2.00. The predicted molar refractivity (Wildman–Crippen MR) is 273 cm³/mol. The zero-order valence-electron chi connectivity index (χ0n) is 47.3. The number of amides is 3. The van der Waals surface area contributed by atoms with E-state index < -0.39 is 174 Å². The Labute approximate surface area is 517 Å². The number of nitrogens with zero attached hydrogens (tertiary/aromatic N) is 3. The molecule has 1 aliphatic rings. The van der Waals surface area contributed by atoms with E-state index in [-0.39, 0.29) is 51.0 Å². The largest absolute Gasteiger partial charge is 0.460 e. The van der Waals surface area contributed by atoms with Gasteiger partial charge in [-0.25, -0.2) is 24.5 Å². The number of thiazole rings is 2. The molecule has 520 valence electrons. The van der Waals surface area contributed by atoms with Gasteiger partial charge in [0.25, 0.3) is 11.8 Å². The molecule has 3 aromatic heterocycles. The van der Waals surface area contributed by atoms with Crippen molar-refractivity contribution in [3.8, 4) is 11.1 Å². The number of alkyl carbamates (subject to hydrolysis) is 1. The van der Waals surface area contributed by atoms with Crippen LogP contribution < -0.4 is 16.0 Å². The number of hydrogen-bond acceptors (Lipinski definition) is 12. The summed E-state index contributed by atoms with van der Waals surface area (Å²) in [6.45, 7) is 7.68. The van der Waals surface area contributed by atoms with Gasteiger partial charge in [-0.2, -0.15) is 114 Å². The molecule has 0 spiro atoms. The summed E-state index contributed by atoms with van der Waals surface area (Å²) in [6.07, 6.45) is -24.5. The normalized spacial score (nSPS) is 15.2. The second kappa shape index (κ2) is 25.9. The van der Waals surface area contributed by atoms with Crippen molar-refractivity contribution in [2.75, 3.05) is 13.2 Å². The molecule has 94 heavy (non-hydrogen) atoms. The van der Waals surface area contributed by atoms with Gasteiger partial charge < -0.3 is 29.8 Å². The Bertz CT molecular complexity index is 3510. The molecule has 0 bridgehead atoms. The number of nitrogens with one attached hydrogen (secondary N) is 3. The number of ether oxygens (including phenoxy) is 2. The molecule has 3 heterocycles. The molecule has 6 rings (SSSR count). The smallest absolute Gasteiger partial charge is 0.457 e. The molecule has 0 saturated heterocycles. The molecule has 0 fully saturated rings. The molecule has 3 amide bonds. The summed E-state index contributed by atoms with van der Waals surface area (Å²) in [5, 5.41) is 10.7. The second-order valence-corrected chi connectivity index (χ2v) is 22.5. The minimum atomic E-state index is -8.24. The highest BCUT2D eigenvalue weighted by atomic mass is 32.1. The number of rotatable bonds is 27. The van der Waals surface area contributed by atoms with E-state index in [1.807, 2.05) is 0 Å². The predicted octanol–water partition coefficient (Wildman–Crippen LogP) is 16.2. The topological polar surface area (TPSA) is 175 Å². The van der Waals surface area contributed by atoms with E-state index in [4.69, 9.17) is 13.9 Å². The van der Waals surface area contributed by atoms with Crippen molar-refractivity contribution in [1.82, 2.24) is 30.9 Å². The van der Waals surface area contributed by atoms with Crippen LogP contribution in [0, 0.1) is 6.92 Å². The zero-order chi connectivity index (χ0) is 71.5. The molecule has 0 aliphatic heterocycles. The van der Waals surface area contributed by atoms with Crippen LogP contribution in [0.4, 0.5) is 119 Å². The van der Waals surface area contributed by atoms with Gasteiger partial charge in [0, 0.05) is 29.5 Å². The first-order chi connectivity index (χ1) is 42.7. The van der Waals surface area contributed by atoms with Crippen molar-refractivity contribution in [3.63, 3.8) is 0 Å². The Balaban J connectivity index is 1.21. The van der Waals surface area contributed by atoms with Crippen LogP contribution in [0.25, 0.3) is 11.1 Å². The Morgan fingerprint density at radius 3 is 1.37 bits per heavy atom. The van der Waals surface area contributed by atoms with Gasteiger partial charge in [0.05, 0.1) is 12.1 Å². The van der Waals surface area contributed by atoms with Crippen LogP contribution >= 0.6 is 22.7 Å². The minimum Gasteiger partial charge on any atom is -0.457 e. The first-order valence-corrected chi connectivity index (χ1v) is 27.8. The first kappa shape index (κ1) is 75.5. The number of oxazole rings is 1. The molecule has 3 atom stereocenters. The fourth-order valence-electron chi connectivity index (χ4n) is 8.76. The van der Waals surface area contributed by atoms with Crippen molar-refractivity contribution < 1.29 is 147 Å². The summed E-state index contributed by atoms with van der Waals surface area (Å²) in [4.78, 5) is 64.4. The SMILES string of the molecule is C=CCOC(=O)c1csc([C@@H](C)NC(=O)c2csc([C@H](C)NC(=O)c3nc([C@@H](C)NC(=O)OCC4c5cc(CCC(F)(F)C(F)(F)C(F)(F)C(F)(F)C(F)(F)C(F)(F)F)ccc5-c5ccc(CCC(F)(F)C(F)(F)C(F)(F)C(F)(F)C(F)(F)C(F)(F)F)cc54)oc3C)n2)n1. The van der Waals surface area contributed by atoms with Gasteiger partial charge in [0.2, 0.25) is 5.89 Å². The molecule has 0 radical (unpaired) electrons. The van der Waals surface area contributed by atoms with Crippen LogP contribution in [0.15, 0.2) is 64.2 Å². The number of halogens is 26. The number of esters is 1. The number of alkyl halides is 26. The van der Waals surface area contributed by atoms with Crippen LogP contribution in [0.3, 0.4) is 0 Å². The van der Waals surface area contributed by atoms with E-state index in [0.717, 1.165) is 34.8 Å². The quantitative estimate of drug-likeness (QED) is 0.0261. The molecule has 0 unspecified atom stereocenters. The molecule has 1 aliphatic carbocycles. The molecule has 5 aromatic rings. The lowest BCUT2D eigenvalue weighted by Gasteiger charge is -2.39. The Morgan fingerprint density at radius 1 is 0.543 bits per heavy atom. The fraction of sp³-hybridized carbons (Fsp3) is 0.491. The average molecular weight is 1430 g/mol. The van der Waals surface area contributed by atoms with Gasteiger partial charge in [-0.05, 0) is 73.9 Å². The van der Waals surface area contributed by atoms with Gasteiger partial charge in [-0.15, -0.1) is 22.7 Å². The number of hydrogen-bond donors (Lipinski definition) is 3. The van der Waals surface area contributed by atoms with Crippen LogP contribution in [-0.4, -0.2) is 124 Å². The number of carbonyl (C=O) groups is 4.